The number of hydrogen-bond acceptors (Lipinski definition) is 2. The molecule has 0 saturated carbocycles. The minimum Gasteiger partial charge on any atom is -0.496 e. The van der Waals surface area contributed by atoms with Crippen LogP contribution in [-0.4, -0.2) is 19.6 Å². The minimum absolute atomic E-state index is 0.000694. The molecule has 3 nitrogen and oxygen atoms in total. The second kappa shape index (κ2) is 5.00. The summed E-state index contributed by atoms with van der Waals surface area (Å²) in [4.78, 5) is 14.6. The van der Waals surface area contributed by atoms with E-state index in [9.17, 15) is 4.79 Å². The highest BCUT2D eigenvalue weighted by atomic mass is 16.5. The van der Waals surface area contributed by atoms with E-state index in [2.05, 4.69) is 13.0 Å². The Balaban J connectivity index is 2.01. The van der Waals surface area contributed by atoms with Gasteiger partial charge in [0, 0.05) is 18.2 Å². The molecule has 0 bridgehead atoms. The summed E-state index contributed by atoms with van der Waals surface area (Å²) in [6.45, 7) is 2.87. The van der Waals surface area contributed by atoms with Crippen LogP contribution >= 0.6 is 0 Å². The summed E-state index contributed by atoms with van der Waals surface area (Å²) < 4.78 is 5.29. The Kier molecular flexibility index (Phi) is 3.18. The van der Waals surface area contributed by atoms with Gasteiger partial charge in [-0.2, -0.15) is 0 Å². The molecule has 3 rings (SSSR count). The maximum absolute atomic E-state index is 12.8. The summed E-state index contributed by atoms with van der Waals surface area (Å²) in [5, 5.41) is 0. The molecule has 20 heavy (non-hydrogen) atoms. The van der Waals surface area contributed by atoms with Crippen molar-refractivity contribution < 1.29 is 9.53 Å². The van der Waals surface area contributed by atoms with Crippen LogP contribution in [0, 0.1) is 0 Å². The maximum atomic E-state index is 12.8. The molecule has 0 spiro atoms. The monoisotopic (exact) mass is 267 g/mol. The summed E-state index contributed by atoms with van der Waals surface area (Å²) in [6.07, 6.45) is 0. The Bertz CT molecular complexity index is 651. The van der Waals surface area contributed by atoms with Crippen LogP contribution in [0.4, 0.5) is 5.69 Å². The third-order valence-corrected chi connectivity index (χ3v) is 3.80. The van der Waals surface area contributed by atoms with Crippen LogP contribution in [0.25, 0.3) is 0 Å². The summed E-state index contributed by atoms with van der Waals surface area (Å²) >= 11 is 0. The van der Waals surface area contributed by atoms with Crippen molar-refractivity contribution >= 4 is 11.6 Å². The van der Waals surface area contributed by atoms with Crippen LogP contribution in [0.5, 0.6) is 5.75 Å². The lowest BCUT2D eigenvalue weighted by atomic mass is 10.0. The van der Waals surface area contributed by atoms with Gasteiger partial charge in [0.1, 0.15) is 5.75 Å². The number of methoxy groups -OCH3 is 1. The summed E-state index contributed by atoms with van der Waals surface area (Å²) in [5.41, 5.74) is 2.85. The van der Waals surface area contributed by atoms with E-state index in [1.807, 2.05) is 47.4 Å². The number of fused-ring (bicyclic) bond motifs is 1. The standard InChI is InChI=1S/C17H17NO2/c1-12-11-18(15-9-5-3-7-13(12)15)17(19)14-8-4-6-10-16(14)20-2/h3-10,12H,11H2,1-2H3. The van der Waals surface area contributed by atoms with E-state index in [4.69, 9.17) is 4.74 Å². The first-order chi connectivity index (χ1) is 9.72. The van der Waals surface area contributed by atoms with Crippen LogP contribution in [0.3, 0.4) is 0 Å². The van der Waals surface area contributed by atoms with Gasteiger partial charge in [-0.05, 0) is 23.8 Å². The second-order valence-corrected chi connectivity index (χ2v) is 5.08. The smallest absolute Gasteiger partial charge is 0.262 e. The average molecular weight is 267 g/mol. The lowest BCUT2D eigenvalue weighted by Crippen LogP contribution is -2.29. The topological polar surface area (TPSA) is 29.5 Å². The third kappa shape index (κ3) is 1.95. The van der Waals surface area contributed by atoms with Gasteiger partial charge in [-0.3, -0.25) is 4.79 Å². The SMILES string of the molecule is COc1ccccc1C(=O)N1CC(C)c2ccccc21. The van der Waals surface area contributed by atoms with Gasteiger partial charge in [0.25, 0.3) is 5.91 Å². The zero-order valence-electron chi connectivity index (χ0n) is 11.7. The summed E-state index contributed by atoms with van der Waals surface area (Å²) in [7, 11) is 1.59. The molecule has 3 heteroatoms. The van der Waals surface area contributed by atoms with Crippen molar-refractivity contribution in [2.75, 3.05) is 18.6 Å². The number of anilines is 1. The van der Waals surface area contributed by atoms with Gasteiger partial charge in [-0.25, -0.2) is 0 Å². The van der Waals surface area contributed by atoms with Crippen LogP contribution in [0.2, 0.25) is 0 Å². The van der Waals surface area contributed by atoms with E-state index in [0.717, 1.165) is 12.2 Å². The van der Waals surface area contributed by atoms with Gasteiger partial charge in [-0.15, -0.1) is 0 Å². The lowest BCUT2D eigenvalue weighted by molar-refractivity contribution is 0.0985. The van der Waals surface area contributed by atoms with E-state index in [0.29, 0.717) is 17.2 Å². The zero-order valence-corrected chi connectivity index (χ0v) is 11.7. The predicted molar refractivity (Wildman–Crippen MR) is 79.5 cm³/mol. The molecule has 1 amide bonds. The fraction of sp³-hybridized carbons (Fsp3) is 0.235. The molecule has 0 saturated heterocycles. The third-order valence-electron chi connectivity index (χ3n) is 3.80. The average Bonchev–Trinajstić information content (AvgIpc) is 2.84. The van der Waals surface area contributed by atoms with E-state index in [-0.39, 0.29) is 5.91 Å². The number of carbonyl (C=O) groups is 1. The number of amides is 1. The Morgan fingerprint density at radius 3 is 2.65 bits per heavy atom. The first-order valence-electron chi connectivity index (χ1n) is 6.76. The number of hydrogen-bond donors (Lipinski definition) is 0. The summed E-state index contributed by atoms with van der Waals surface area (Å²) in [5.74, 6) is 0.985. The molecule has 1 heterocycles. The highest BCUT2D eigenvalue weighted by molar-refractivity contribution is 6.09. The van der Waals surface area contributed by atoms with E-state index in [1.54, 1.807) is 7.11 Å². The molecular formula is C17H17NO2. The molecule has 0 N–H and O–H groups in total. The van der Waals surface area contributed by atoms with E-state index in [1.165, 1.54) is 5.56 Å². The first-order valence-corrected chi connectivity index (χ1v) is 6.76. The van der Waals surface area contributed by atoms with Gasteiger partial charge in [0.15, 0.2) is 0 Å². The first kappa shape index (κ1) is 12.7. The molecule has 0 aromatic heterocycles. The van der Waals surface area contributed by atoms with Crippen LogP contribution in [0.1, 0.15) is 28.8 Å². The number of para-hydroxylation sites is 2. The van der Waals surface area contributed by atoms with E-state index >= 15 is 0 Å². The minimum atomic E-state index is -0.000694. The molecule has 1 unspecified atom stereocenters. The van der Waals surface area contributed by atoms with Gasteiger partial charge in [0.2, 0.25) is 0 Å². The molecule has 2 aromatic carbocycles. The number of carbonyl (C=O) groups excluding carboxylic acids is 1. The van der Waals surface area contributed by atoms with Crippen molar-refractivity contribution in [1.82, 2.24) is 0 Å². The molecule has 2 aromatic rings. The normalized spacial score (nSPS) is 16.9. The van der Waals surface area contributed by atoms with Crippen LogP contribution in [0.15, 0.2) is 48.5 Å². The zero-order chi connectivity index (χ0) is 14.1. The molecule has 0 aliphatic carbocycles. The highest BCUT2D eigenvalue weighted by Gasteiger charge is 2.31. The molecule has 1 atom stereocenters. The van der Waals surface area contributed by atoms with Crippen molar-refractivity contribution in [3.8, 4) is 5.75 Å². The summed E-state index contributed by atoms with van der Waals surface area (Å²) in [6, 6.07) is 15.5. The van der Waals surface area contributed by atoms with Gasteiger partial charge in [-0.1, -0.05) is 37.3 Å². The van der Waals surface area contributed by atoms with Crippen LogP contribution < -0.4 is 9.64 Å². The maximum Gasteiger partial charge on any atom is 0.262 e. The quantitative estimate of drug-likeness (QED) is 0.834. The number of nitrogens with zero attached hydrogens (tertiary/aromatic N) is 1. The van der Waals surface area contributed by atoms with Crippen molar-refractivity contribution in [1.29, 1.82) is 0 Å². The predicted octanol–water partition coefficient (Wildman–Crippen LogP) is 3.46. The Morgan fingerprint density at radius 1 is 1.15 bits per heavy atom. The van der Waals surface area contributed by atoms with Crippen molar-refractivity contribution in [2.24, 2.45) is 0 Å². The molecule has 1 aliphatic rings. The van der Waals surface area contributed by atoms with Gasteiger partial charge >= 0.3 is 0 Å². The van der Waals surface area contributed by atoms with Crippen molar-refractivity contribution in [2.45, 2.75) is 12.8 Å². The highest BCUT2D eigenvalue weighted by Crippen LogP contribution is 2.37. The van der Waals surface area contributed by atoms with Crippen molar-refractivity contribution in [3.05, 3.63) is 59.7 Å². The second-order valence-electron chi connectivity index (χ2n) is 5.08. The van der Waals surface area contributed by atoms with E-state index < -0.39 is 0 Å². The largest absolute Gasteiger partial charge is 0.496 e. The lowest BCUT2D eigenvalue weighted by Gasteiger charge is -2.19. The molecule has 0 fully saturated rings. The number of rotatable bonds is 2. The van der Waals surface area contributed by atoms with Gasteiger partial charge in [0.05, 0.1) is 12.7 Å². The Hall–Kier alpha value is -2.29. The van der Waals surface area contributed by atoms with Crippen molar-refractivity contribution in [3.63, 3.8) is 0 Å². The Morgan fingerprint density at radius 2 is 1.85 bits per heavy atom. The molecular weight excluding hydrogens is 250 g/mol. The van der Waals surface area contributed by atoms with Gasteiger partial charge < -0.3 is 9.64 Å². The van der Waals surface area contributed by atoms with Crippen LogP contribution in [-0.2, 0) is 0 Å². The molecule has 1 aliphatic heterocycles. The fourth-order valence-electron chi connectivity index (χ4n) is 2.78. The Labute approximate surface area is 118 Å². The number of ether oxygens (including phenoxy) is 1. The molecule has 0 radical (unpaired) electrons. The fourth-order valence-corrected chi connectivity index (χ4v) is 2.78. The number of benzene rings is 2. The molecule has 102 valence electrons.